The number of benzene rings is 1. The van der Waals surface area contributed by atoms with Crippen molar-refractivity contribution in [1.29, 1.82) is 0 Å². The van der Waals surface area contributed by atoms with Crippen LogP contribution in [0.2, 0.25) is 5.02 Å². The lowest BCUT2D eigenvalue weighted by Gasteiger charge is -2.33. The molecule has 1 aliphatic rings. The van der Waals surface area contributed by atoms with E-state index in [4.69, 9.17) is 11.6 Å². The van der Waals surface area contributed by atoms with Crippen molar-refractivity contribution >= 4 is 28.9 Å². The van der Waals surface area contributed by atoms with Gasteiger partial charge in [0.1, 0.15) is 18.0 Å². The highest BCUT2D eigenvalue weighted by molar-refractivity contribution is 6.33. The molecule has 1 fully saturated rings. The molecule has 23 heavy (non-hydrogen) atoms. The number of nitrogens with zero attached hydrogens (tertiary/aromatic N) is 4. The zero-order valence-corrected chi connectivity index (χ0v) is 14.6. The minimum Gasteiger partial charge on any atom is -0.354 e. The Kier molecular flexibility index (Phi) is 4.68. The van der Waals surface area contributed by atoms with Crippen LogP contribution in [0.15, 0.2) is 24.5 Å². The summed E-state index contributed by atoms with van der Waals surface area (Å²) in [5.74, 6) is 1.72. The van der Waals surface area contributed by atoms with Crippen molar-refractivity contribution in [2.24, 2.45) is 0 Å². The van der Waals surface area contributed by atoms with Gasteiger partial charge in [-0.15, -0.1) is 0 Å². The Labute approximate surface area is 142 Å². The predicted octanol–water partition coefficient (Wildman–Crippen LogP) is 3.24. The third-order valence-corrected chi connectivity index (χ3v) is 4.46. The molecular formula is C17H22ClN5. The first-order chi connectivity index (χ1) is 11.0. The minimum atomic E-state index is 0.710. The summed E-state index contributed by atoms with van der Waals surface area (Å²) in [4.78, 5) is 13.4. The third kappa shape index (κ3) is 3.74. The lowest BCUT2D eigenvalue weighted by molar-refractivity contribution is 0.312. The molecule has 2 heterocycles. The number of anilines is 3. The number of likely N-dealkylation sites (N-methyl/N-ethyl adjacent to an activating group) is 1. The van der Waals surface area contributed by atoms with Gasteiger partial charge in [0.25, 0.3) is 0 Å². The van der Waals surface area contributed by atoms with E-state index in [0.29, 0.717) is 5.02 Å². The van der Waals surface area contributed by atoms with Gasteiger partial charge in [-0.05, 0) is 38.1 Å². The van der Waals surface area contributed by atoms with E-state index in [1.165, 1.54) is 0 Å². The average Bonchev–Trinajstić information content (AvgIpc) is 2.52. The molecule has 6 heteroatoms. The highest BCUT2D eigenvalue weighted by Gasteiger charge is 2.16. The van der Waals surface area contributed by atoms with Crippen LogP contribution in [0, 0.1) is 13.8 Å². The molecule has 122 valence electrons. The summed E-state index contributed by atoms with van der Waals surface area (Å²) in [6.07, 6.45) is 1.60. The lowest BCUT2D eigenvalue weighted by Crippen LogP contribution is -2.44. The van der Waals surface area contributed by atoms with Crippen molar-refractivity contribution in [3.8, 4) is 0 Å². The molecule has 0 amide bonds. The second-order valence-corrected chi connectivity index (χ2v) is 6.52. The van der Waals surface area contributed by atoms with Crippen molar-refractivity contribution in [2.75, 3.05) is 43.4 Å². The average molecular weight is 332 g/mol. The number of rotatable bonds is 3. The van der Waals surface area contributed by atoms with Gasteiger partial charge in [0.2, 0.25) is 0 Å². The Hall–Kier alpha value is -1.85. The smallest absolute Gasteiger partial charge is 0.135 e. The summed E-state index contributed by atoms with van der Waals surface area (Å²) in [6, 6.07) is 6.05. The second-order valence-electron chi connectivity index (χ2n) is 6.12. The Morgan fingerprint density at radius 3 is 2.48 bits per heavy atom. The number of piperazine rings is 1. The maximum absolute atomic E-state index is 6.37. The number of hydrogen-bond acceptors (Lipinski definition) is 5. The first-order valence-electron chi connectivity index (χ1n) is 7.82. The maximum Gasteiger partial charge on any atom is 0.135 e. The molecule has 3 rings (SSSR count). The number of halogens is 1. The first-order valence-corrected chi connectivity index (χ1v) is 8.20. The van der Waals surface area contributed by atoms with Crippen LogP contribution in [-0.4, -0.2) is 48.1 Å². The van der Waals surface area contributed by atoms with Gasteiger partial charge in [-0.1, -0.05) is 17.7 Å². The zero-order chi connectivity index (χ0) is 16.4. The summed E-state index contributed by atoms with van der Waals surface area (Å²) < 4.78 is 0. The van der Waals surface area contributed by atoms with Crippen LogP contribution in [0.25, 0.3) is 0 Å². The van der Waals surface area contributed by atoms with E-state index in [-0.39, 0.29) is 0 Å². The van der Waals surface area contributed by atoms with Gasteiger partial charge in [-0.25, -0.2) is 9.97 Å². The molecule has 0 bridgehead atoms. The van der Waals surface area contributed by atoms with E-state index in [1.54, 1.807) is 6.33 Å². The number of hydrogen-bond donors (Lipinski definition) is 1. The van der Waals surface area contributed by atoms with Crippen LogP contribution in [0.3, 0.4) is 0 Å². The van der Waals surface area contributed by atoms with E-state index in [1.807, 2.05) is 26.0 Å². The molecule has 0 radical (unpaired) electrons. The predicted molar refractivity (Wildman–Crippen MR) is 96.0 cm³/mol. The number of aryl methyl sites for hydroxylation is 2. The Morgan fingerprint density at radius 1 is 1.04 bits per heavy atom. The van der Waals surface area contributed by atoms with Crippen molar-refractivity contribution < 1.29 is 0 Å². The second kappa shape index (κ2) is 6.72. The van der Waals surface area contributed by atoms with Gasteiger partial charge in [-0.3, -0.25) is 0 Å². The van der Waals surface area contributed by atoms with Crippen molar-refractivity contribution in [1.82, 2.24) is 14.9 Å². The van der Waals surface area contributed by atoms with Gasteiger partial charge in [0, 0.05) is 32.2 Å². The Bertz CT molecular complexity index is 672. The molecule has 0 spiro atoms. The van der Waals surface area contributed by atoms with Crippen molar-refractivity contribution in [2.45, 2.75) is 13.8 Å². The zero-order valence-electron chi connectivity index (χ0n) is 13.8. The molecule has 0 aliphatic carbocycles. The Balaban J connectivity index is 1.81. The van der Waals surface area contributed by atoms with Crippen LogP contribution >= 0.6 is 11.6 Å². The van der Waals surface area contributed by atoms with Crippen LogP contribution in [0.5, 0.6) is 0 Å². The van der Waals surface area contributed by atoms with Crippen molar-refractivity contribution in [3.05, 3.63) is 40.7 Å². The third-order valence-electron chi connectivity index (χ3n) is 4.16. The van der Waals surface area contributed by atoms with Gasteiger partial charge >= 0.3 is 0 Å². The molecule has 2 aromatic rings. The normalized spacial score (nSPS) is 15.7. The minimum absolute atomic E-state index is 0.710. The SMILES string of the molecule is Cc1cc(C)c(Nc2cc(N3CCN(C)CC3)ncn2)c(Cl)c1. The van der Waals surface area contributed by atoms with E-state index in [9.17, 15) is 0 Å². The van der Waals surface area contributed by atoms with Gasteiger partial charge in [-0.2, -0.15) is 0 Å². The quantitative estimate of drug-likeness (QED) is 0.935. The summed E-state index contributed by atoms with van der Waals surface area (Å²) in [5.41, 5.74) is 3.16. The highest BCUT2D eigenvalue weighted by atomic mass is 35.5. The fraction of sp³-hybridized carbons (Fsp3) is 0.412. The molecule has 1 N–H and O–H groups in total. The molecule has 0 atom stereocenters. The van der Waals surface area contributed by atoms with E-state index in [2.05, 4.69) is 38.2 Å². The number of nitrogens with one attached hydrogen (secondary N) is 1. The number of aromatic nitrogens is 2. The van der Waals surface area contributed by atoms with E-state index >= 15 is 0 Å². The Morgan fingerprint density at radius 2 is 1.78 bits per heavy atom. The largest absolute Gasteiger partial charge is 0.354 e. The van der Waals surface area contributed by atoms with Gasteiger partial charge < -0.3 is 15.1 Å². The summed E-state index contributed by atoms with van der Waals surface area (Å²) in [7, 11) is 2.15. The molecule has 1 saturated heterocycles. The molecule has 5 nitrogen and oxygen atoms in total. The van der Waals surface area contributed by atoms with Crippen LogP contribution < -0.4 is 10.2 Å². The summed E-state index contributed by atoms with van der Waals surface area (Å²) in [6.45, 7) is 8.16. The maximum atomic E-state index is 6.37. The molecule has 1 aromatic heterocycles. The molecule has 1 aromatic carbocycles. The molecule has 1 aliphatic heterocycles. The van der Waals surface area contributed by atoms with E-state index < -0.39 is 0 Å². The molecular weight excluding hydrogens is 310 g/mol. The van der Waals surface area contributed by atoms with Crippen LogP contribution in [0.1, 0.15) is 11.1 Å². The van der Waals surface area contributed by atoms with Crippen molar-refractivity contribution in [3.63, 3.8) is 0 Å². The molecule has 0 unspecified atom stereocenters. The monoisotopic (exact) mass is 331 g/mol. The lowest BCUT2D eigenvalue weighted by atomic mass is 10.1. The van der Waals surface area contributed by atoms with Gasteiger partial charge in [0.05, 0.1) is 10.7 Å². The fourth-order valence-electron chi connectivity index (χ4n) is 2.83. The highest BCUT2D eigenvalue weighted by Crippen LogP contribution is 2.30. The van der Waals surface area contributed by atoms with Crippen LogP contribution in [-0.2, 0) is 0 Å². The van der Waals surface area contributed by atoms with E-state index in [0.717, 1.165) is 54.6 Å². The first kappa shape index (κ1) is 16.0. The van der Waals surface area contributed by atoms with Gasteiger partial charge in [0.15, 0.2) is 0 Å². The summed E-state index contributed by atoms with van der Waals surface area (Å²) >= 11 is 6.37. The molecule has 0 saturated carbocycles. The van der Waals surface area contributed by atoms with Crippen LogP contribution in [0.4, 0.5) is 17.3 Å². The topological polar surface area (TPSA) is 44.3 Å². The summed E-state index contributed by atoms with van der Waals surface area (Å²) in [5, 5.41) is 4.05. The standard InChI is InChI=1S/C17H22ClN5/c1-12-8-13(2)17(14(18)9-12)21-15-10-16(20-11-19-15)23-6-4-22(3)5-7-23/h8-11H,4-7H2,1-3H3,(H,19,20,21). The fourth-order valence-corrected chi connectivity index (χ4v) is 3.19.